The molecule has 2 N–H and O–H groups in total. The second kappa shape index (κ2) is 10.8. The Labute approximate surface area is 191 Å². The van der Waals surface area contributed by atoms with Gasteiger partial charge in [0.05, 0.1) is 14.9 Å². The normalized spacial score (nSPS) is 12.7. The van der Waals surface area contributed by atoms with Crippen molar-refractivity contribution < 1.29 is 22.7 Å². The molecule has 0 spiro atoms. The number of esters is 1. The van der Waals surface area contributed by atoms with Gasteiger partial charge in [-0.1, -0.05) is 29.3 Å². The SMILES string of the molecule is CC(C)NS(=O)(=O)c1ccc(NC(=O)C(C)OC(=O)/C=C/c2ccc(Cl)c(Cl)c2)cc1. The highest BCUT2D eigenvalue weighted by atomic mass is 35.5. The molecule has 0 aliphatic rings. The number of benzene rings is 2. The number of nitrogens with one attached hydrogen (secondary N) is 2. The molecule has 10 heteroatoms. The monoisotopic (exact) mass is 484 g/mol. The van der Waals surface area contributed by atoms with E-state index in [0.717, 1.165) is 0 Å². The fourth-order valence-corrected chi connectivity index (χ4v) is 3.94. The second-order valence-corrected chi connectivity index (χ2v) is 9.40. The predicted molar refractivity (Wildman–Crippen MR) is 122 cm³/mol. The van der Waals surface area contributed by atoms with E-state index in [1.165, 1.54) is 43.3 Å². The number of ether oxygens (including phenoxy) is 1. The number of anilines is 1. The summed E-state index contributed by atoms with van der Waals surface area (Å²) >= 11 is 11.8. The average Bonchev–Trinajstić information content (AvgIpc) is 2.68. The van der Waals surface area contributed by atoms with Crippen LogP contribution in [0.25, 0.3) is 6.08 Å². The second-order valence-electron chi connectivity index (χ2n) is 6.88. The average molecular weight is 485 g/mol. The first-order valence-corrected chi connectivity index (χ1v) is 11.5. The zero-order valence-corrected chi connectivity index (χ0v) is 19.4. The van der Waals surface area contributed by atoms with E-state index in [1.54, 1.807) is 32.0 Å². The fraction of sp³-hybridized carbons (Fsp3) is 0.238. The number of carbonyl (C=O) groups excluding carboxylic acids is 2. The number of halogens is 2. The van der Waals surface area contributed by atoms with E-state index >= 15 is 0 Å². The number of rotatable bonds is 8. The van der Waals surface area contributed by atoms with Crippen molar-refractivity contribution in [3.63, 3.8) is 0 Å². The van der Waals surface area contributed by atoms with Gasteiger partial charge in [-0.25, -0.2) is 17.9 Å². The molecule has 2 rings (SSSR count). The third-order valence-corrected chi connectivity index (χ3v) is 6.25. The van der Waals surface area contributed by atoms with Crippen LogP contribution in [0.15, 0.2) is 53.4 Å². The van der Waals surface area contributed by atoms with Crippen molar-refractivity contribution in [3.05, 3.63) is 64.1 Å². The fourth-order valence-electron chi connectivity index (χ4n) is 2.39. The van der Waals surface area contributed by atoms with Crippen LogP contribution in [0.3, 0.4) is 0 Å². The summed E-state index contributed by atoms with van der Waals surface area (Å²) in [5.41, 5.74) is 1.01. The molecule has 0 saturated heterocycles. The molecule has 0 radical (unpaired) electrons. The molecule has 1 atom stereocenters. The van der Waals surface area contributed by atoms with Gasteiger partial charge >= 0.3 is 5.97 Å². The zero-order valence-electron chi connectivity index (χ0n) is 17.1. The van der Waals surface area contributed by atoms with Crippen LogP contribution in [0.4, 0.5) is 5.69 Å². The van der Waals surface area contributed by atoms with Crippen molar-refractivity contribution in [2.75, 3.05) is 5.32 Å². The summed E-state index contributed by atoms with van der Waals surface area (Å²) in [4.78, 5) is 24.3. The highest BCUT2D eigenvalue weighted by Crippen LogP contribution is 2.23. The summed E-state index contributed by atoms with van der Waals surface area (Å²) < 4.78 is 31.8. The lowest BCUT2D eigenvalue weighted by Crippen LogP contribution is -2.30. The Balaban J connectivity index is 1.93. The highest BCUT2D eigenvalue weighted by Gasteiger charge is 2.18. The van der Waals surface area contributed by atoms with Crippen molar-refractivity contribution in [3.8, 4) is 0 Å². The Morgan fingerprint density at radius 3 is 2.23 bits per heavy atom. The molecule has 0 aliphatic heterocycles. The van der Waals surface area contributed by atoms with Crippen LogP contribution < -0.4 is 10.0 Å². The summed E-state index contributed by atoms with van der Waals surface area (Å²) in [6.45, 7) is 4.86. The van der Waals surface area contributed by atoms with Crippen molar-refractivity contribution in [1.82, 2.24) is 4.72 Å². The van der Waals surface area contributed by atoms with Gasteiger partial charge in [0, 0.05) is 17.8 Å². The molecule has 2 aromatic rings. The topological polar surface area (TPSA) is 102 Å². The first kappa shape index (κ1) is 24.9. The van der Waals surface area contributed by atoms with Crippen molar-refractivity contribution >= 4 is 56.9 Å². The van der Waals surface area contributed by atoms with E-state index in [1.807, 2.05) is 0 Å². The summed E-state index contributed by atoms with van der Waals surface area (Å²) in [6, 6.07) is 10.3. The molecular formula is C21H22Cl2N2O5S. The summed E-state index contributed by atoms with van der Waals surface area (Å²) in [5, 5.41) is 3.31. The Hall–Kier alpha value is -2.39. The van der Waals surface area contributed by atoms with Gasteiger partial charge in [-0.2, -0.15) is 0 Å². The van der Waals surface area contributed by atoms with Crippen LogP contribution in [0.2, 0.25) is 10.0 Å². The highest BCUT2D eigenvalue weighted by molar-refractivity contribution is 7.89. The van der Waals surface area contributed by atoms with Gasteiger partial charge in [-0.05, 0) is 68.8 Å². The van der Waals surface area contributed by atoms with Crippen LogP contribution >= 0.6 is 23.2 Å². The maximum atomic E-state index is 12.3. The van der Waals surface area contributed by atoms with Crippen LogP contribution in [-0.4, -0.2) is 32.4 Å². The van der Waals surface area contributed by atoms with Gasteiger partial charge in [0.2, 0.25) is 10.0 Å². The van der Waals surface area contributed by atoms with Gasteiger partial charge in [0.15, 0.2) is 6.10 Å². The minimum Gasteiger partial charge on any atom is -0.449 e. The molecule has 7 nitrogen and oxygen atoms in total. The van der Waals surface area contributed by atoms with E-state index in [9.17, 15) is 18.0 Å². The molecule has 0 fully saturated rings. The first-order valence-electron chi connectivity index (χ1n) is 9.25. The molecule has 2 aromatic carbocycles. The van der Waals surface area contributed by atoms with E-state index in [4.69, 9.17) is 27.9 Å². The first-order chi connectivity index (χ1) is 14.5. The maximum Gasteiger partial charge on any atom is 0.331 e. The summed E-state index contributed by atoms with van der Waals surface area (Å²) in [7, 11) is -3.63. The molecule has 0 aromatic heterocycles. The number of carbonyl (C=O) groups is 2. The van der Waals surface area contributed by atoms with E-state index < -0.39 is 28.0 Å². The lowest BCUT2D eigenvalue weighted by atomic mass is 10.2. The zero-order chi connectivity index (χ0) is 23.2. The van der Waals surface area contributed by atoms with E-state index in [2.05, 4.69) is 10.0 Å². The van der Waals surface area contributed by atoms with Crippen molar-refractivity contribution in [2.45, 2.75) is 37.8 Å². The lowest BCUT2D eigenvalue weighted by molar-refractivity contribution is -0.148. The van der Waals surface area contributed by atoms with Crippen molar-refractivity contribution in [2.24, 2.45) is 0 Å². The van der Waals surface area contributed by atoms with Crippen molar-refractivity contribution in [1.29, 1.82) is 0 Å². The summed E-state index contributed by atoms with van der Waals surface area (Å²) in [6.07, 6.45) is 1.58. The van der Waals surface area contributed by atoms with Crippen LogP contribution in [0, 0.1) is 0 Å². The van der Waals surface area contributed by atoms with Gasteiger partial charge in [-0.3, -0.25) is 4.79 Å². The molecule has 0 saturated carbocycles. The standard InChI is InChI=1S/C21H22Cl2N2O5S/c1-13(2)25-31(28,29)17-8-6-16(7-9-17)24-21(27)14(3)30-20(26)11-5-15-4-10-18(22)19(23)12-15/h4-14,25H,1-3H3,(H,24,27)/b11-5+. The molecule has 166 valence electrons. The third kappa shape index (κ3) is 7.66. The summed E-state index contributed by atoms with van der Waals surface area (Å²) in [5.74, 6) is -1.28. The van der Waals surface area contributed by atoms with E-state index in [-0.39, 0.29) is 10.9 Å². The molecular weight excluding hydrogens is 463 g/mol. The van der Waals surface area contributed by atoms with Crippen LogP contribution in [-0.2, 0) is 24.3 Å². The Kier molecular flexibility index (Phi) is 8.64. The smallest absolute Gasteiger partial charge is 0.331 e. The van der Waals surface area contributed by atoms with Gasteiger partial charge < -0.3 is 10.1 Å². The molecule has 1 unspecified atom stereocenters. The minimum atomic E-state index is -3.63. The number of amides is 1. The largest absolute Gasteiger partial charge is 0.449 e. The lowest BCUT2D eigenvalue weighted by Gasteiger charge is -2.13. The van der Waals surface area contributed by atoms with Gasteiger partial charge in [-0.15, -0.1) is 0 Å². The van der Waals surface area contributed by atoms with Crippen LogP contribution in [0.5, 0.6) is 0 Å². The maximum absolute atomic E-state index is 12.3. The molecule has 0 heterocycles. The molecule has 1 amide bonds. The third-order valence-electron chi connectivity index (χ3n) is 3.84. The van der Waals surface area contributed by atoms with Crippen LogP contribution in [0.1, 0.15) is 26.3 Å². The Morgan fingerprint density at radius 1 is 1.00 bits per heavy atom. The number of hydrogen-bond donors (Lipinski definition) is 2. The number of hydrogen-bond acceptors (Lipinski definition) is 5. The minimum absolute atomic E-state index is 0.0751. The van der Waals surface area contributed by atoms with Gasteiger partial charge in [0.1, 0.15) is 0 Å². The number of sulfonamides is 1. The molecule has 0 bridgehead atoms. The molecule has 31 heavy (non-hydrogen) atoms. The Bertz CT molecular complexity index is 1080. The van der Waals surface area contributed by atoms with Gasteiger partial charge in [0.25, 0.3) is 5.91 Å². The van der Waals surface area contributed by atoms with E-state index in [0.29, 0.717) is 21.3 Å². The quantitative estimate of drug-likeness (QED) is 0.430. The Morgan fingerprint density at radius 2 is 1.65 bits per heavy atom. The molecule has 0 aliphatic carbocycles. The predicted octanol–water partition coefficient (Wildman–Crippen LogP) is 4.26.